The van der Waals surface area contributed by atoms with Gasteiger partial charge in [-0.2, -0.15) is 0 Å². The molecule has 2 nitrogen and oxygen atoms in total. The third-order valence-electron chi connectivity index (χ3n) is 10.7. The Bertz CT molecular complexity index is 3050. The fourth-order valence-electron chi connectivity index (χ4n) is 8.47. The Balaban J connectivity index is 1.06. The molecule has 232 valence electrons. The van der Waals surface area contributed by atoms with Crippen LogP contribution in [0.5, 0.6) is 0 Å². The summed E-state index contributed by atoms with van der Waals surface area (Å²) >= 11 is 0. The molecule has 9 aromatic carbocycles. The second kappa shape index (κ2) is 10.4. The highest BCUT2D eigenvalue weighted by atomic mass is 15.0. The molecule has 2 aromatic heterocycles. The highest BCUT2D eigenvalue weighted by Gasteiger charge is 2.16. The third kappa shape index (κ3) is 3.85. The van der Waals surface area contributed by atoms with Crippen LogP contribution in [0.4, 0.5) is 0 Å². The van der Waals surface area contributed by atoms with Crippen molar-refractivity contribution < 1.29 is 0 Å². The van der Waals surface area contributed by atoms with Crippen LogP contribution in [0.15, 0.2) is 182 Å². The van der Waals surface area contributed by atoms with Crippen LogP contribution >= 0.6 is 0 Å². The average molecular weight is 635 g/mol. The summed E-state index contributed by atoms with van der Waals surface area (Å²) in [6.07, 6.45) is 0. The summed E-state index contributed by atoms with van der Waals surface area (Å²) in [6.45, 7) is 0. The quantitative estimate of drug-likeness (QED) is 0.171. The van der Waals surface area contributed by atoms with E-state index in [0.717, 1.165) is 5.69 Å². The van der Waals surface area contributed by atoms with Crippen molar-refractivity contribution in [3.05, 3.63) is 182 Å². The lowest BCUT2D eigenvalue weighted by molar-refractivity contribution is 1.17. The first-order valence-electron chi connectivity index (χ1n) is 17.3. The molecular weight excluding hydrogens is 605 g/mol. The number of fused-ring (bicyclic) bond motifs is 12. The van der Waals surface area contributed by atoms with E-state index in [2.05, 4.69) is 191 Å². The normalized spacial score (nSPS) is 12.0. The number of aromatic nitrogens is 2. The zero-order valence-electron chi connectivity index (χ0n) is 27.2. The number of hydrogen-bond acceptors (Lipinski definition) is 0. The lowest BCUT2D eigenvalue weighted by atomic mass is 9.92. The maximum Gasteiger partial charge on any atom is 0.0542 e. The first kappa shape index (κ1) is 27.3. The van der Waals surface area contributed by atoms with Gasteiger partial charge in [0.25, 0.3) is 0 Å². The third-order valence-corrected chi connectivity index (χ3v) is 10.7. The van der Waals surface area contributed by atoms with Gasteiger partial charge in [0, 0.05) is 32.9 Å². The number of rotatable bonds is 3. The SMILES string of the molecule is c1ccc2c(c1)c1ccccc1c1cc(-c3ccc(-n4c5ccccc5c5cc(-n6c7ccccc7c7ccccc76)ccc54)cc3)ccc21. The van der Waals surface area contributed by atoms with E-state index in [-0.39, 0.29) is 0 Å². The van der Waals surface area contributed by atoms with E-state index in [9.17, 15) is 0 Å². The van der Waals surface area contributed by atoms with Gasteiger partial charge >= 0.3 is 0 Å². The van der Waals surface area contributed by atoms with E-state index in [1.807, 2.05) is 0 Å². The summed E-state index contributed by atoms with van der Waals surface area (Å²) in [5.74, 6) is 0. The molecule has 0 N–H and O–H groups in total. The largest absolute Gasteiger partial charge is 0.309 e. The molecule has 0 fully saturated rings. The van der Waals surface area contributed by atoms with Gasteiger partial charge in [0.1, 0.15) is 0 Å². The fourth-order valence-corrected chi connectivity index (χ4v) is 8.47. The average Bonchev–Trinajstić information content (AvgIpc) is 3.70. The van der Waals surface area contributed by atoms with E-state index < -0.39 is 0 Å². The molecule has 0 amide bonds. The van der Waals surface area contributed by atoms with Crippen molar-refractivity contribution in [2.75, 3.05) is 0 Å². The monoisotopic (exact) mass is 634 g/mol. The standard InChI is InChI=1S/C48H30N2/c1-2-13-37-35(11-1)36-12-3-4-14-38(36)43-29-32(23-27-39(37)43)31-21-24-33(25-22-31)49-47-20-10-7-17-42(47)44-30-34(26-28-48(44)49)50-45-18-8-5-15-40(45)41-16-6-9-19-46(41)50/h1-30H. The van der Waals surface area contributed by atoms with Crippen LogP contribution in [0.2, 0.25) is 0 Å². The summed E-state index contributed by atoms with van der Waals surface area (Å²) in [4.78, 5) is 0. The van der Waals surface area contributed by atoms with E-state index in [4.69, 9.17) is 0 Å². The second-order valence-electron chi connectivity index (χ2n) is 13.3. The van der Waals surface area contributed by atoms with E-state index >= 15 is 0 Å². The van der Waals surface area contributed by atoms with Crippen LogP contribution in [0.3, 0.4) is 0 Å². The number of para-hydroxylation sites is 3. The predicted octanol–water partition coefficient (Wildman–Crippen LogP) is 13.0. The van der Waals surface area contributed by atoms with Crippen LogP contribution in [0.1, 0.15) is 0 Å². The van der Waals surface area contributed by atoms with E-state index in [1.54, 1.807) is 0 Å². The van der Waals surface area contributed by atoms with Gasteiger partial charge < -0.3 is 9.13 Å². The van der Waals surface area contributed by atoms with E-state index in [0.29, 0.717) is 0 Å². The molecule has 2 heterocycles. The molecule has 2 heteroatoms. The van der Waals surface area contributed by atoms with Crippen molar-refractivity contribution in [2.24, 2.45) is 0 Å². The zero-order valence-corrected chi connectivity index (χ0v) is 27.2. The molecule has 11 aromatic rings. The molecule has 0 saturated carbocycles. The molecule has 0 bridgehead atoms. The van der Waals surface area contributed by atoms with Gasteiger partial charge in [-0.3, -0.25) is 0 Å². The second-order valence-corrected chi connectivity index (χ2v) is 13.3. The Morgan fingerprint density at radius 3 is 1.16 bits per heavy atom. The lowest BCUT2D eigenvalue weighted by Gasteiger charge is -2.13. The highest BCUT2D eigenvalue weighted by Crippen LogP contribution is 2.39. The Morgan fingerprint density at radius 2 is 0.600 bits per heavy atom. The van der Waals surface area contributed by atoms with Crippen LogP contribution in [-0.2, 0) is 0 Å². The van der Waals surface area contributed by atoms with Crippen LogP contribution < -0.4 is 0 Å². The van der Waals surface area contributed by atoms with Crippen molar-refractivity contribution in [1.82, 2.24) is 9.13 Å². The molecular formula is C48H30N2. The Morgan fingerprint density at radius 1 is 0.220 bits per heavy atom. The Kier molecular flexibility index (Phi) is 5.70. The minimum absolute atomic E-state index is 1.15. The van der Waals surface area contributed by atoms with Crippen LogP contribution in [-0.4, -0.2) is 9.13 Å². The molecule has 0 aliphatic carbocycles. The molecule has 0 saturated heterocycles. The molecule has 11 rings (SSSR count). The van der Waals surface area contributed by atoms with Gasteiger partial charge in [0.05, 0.1) is 22.1 Å². The van der Waals surface area contributed by atoms with Gasteiger partial charge in [-0.25, -0.2) is 0 Å². The van der Waals surface area contributed by atoms with Gasteiger partial charge in [0.2, 0.25) is 0 Å². The predicted molar refractivity (Wildman–Crippen MR) is 213 cm³/mol. The van der Waals surface area contributed by atoms with Crippen molar-refractivity contribution in [3.63, 3.8) is 0 Å². The highest BCUT2D eigenvalue weighted by molar-refractivity contribution is 6.25. The topological polar surface area (TPSA) is 9.86 Å². The Labute approximate surface area is 288 Å². The van der Waals surface area contributed by atoms with E-state index in [1.165, 1.54) is 92.7 Å². The number of hydrogen-bond donors (Lipinski definition) is 0. The summed E-state index contributed by atoms with van der Waals surface area (Å²) in [7, 11) is 0. The zero-order chi connectivity index (χ0) is 32.8. The summed E-state index contributed by atoms with van der Waals surface area (Å²) in [5.41, 5.74) is 9.62. The van der Waals surface area contributed by atoms with Crippen molar-refractivity contribution >= 4 is 75.9 Å². The van der Waals surface area contributed by atoms with Crippen molar-refractivity contribution in [3.8, 4) is 22.5 Å². The lowest BCUT2D eigenvalue weighted by Crippen LogP contribution is -1.96. The smallest absolute Gasteiger partial charge is 0.0542 e. The molecule has 0 aliphatic rings. The van der Waals surface area contributed by atoms with Crippen molar-refractivity contribution in [1.29, 1.82) is 0 Å². The maximum absolute atomic E-state index is 2.41. The first-order chi connectivity index (χ1) is 24.8. The van der Waals surface area contributed by atoms with Gasteiger partial charge in [-0.1, -0.05) is 127 Å². The molecule has 0 unspecified atom stereocenters. The summed E-state index contributed by atoms with van der Waals surface area (Å²) in [5, 5.41) is 12.9. The summed E-state index contributed by atoms with van der Waals surface area (Å²) in [6, 6.07) is 66.7. The molecule has 0 atom stereocenters. The van der Waals surface area contributed by atoms with Gasteiger partial charge in [-0.15, -0.1) is 0 Å². The number of nitrogens with zero attached hydrogens (tertiary/aromatic N) is 2. The fraction of sp³-hybridized carbons (Fsp3) is 0. The van der Waals surface area contributed by atoms with Gasteiger partial charge in [-0.05, 0) is 98.0 Å². The van der Waals surface area contributed by atoms with Crippen LogP contribution in [0.25, 0.3) is 98.4 Å². The van der Waals surface area contributed by atoms with Gasteiger partial charge in [0.15, 0.2) is 0 Å². The Hall–Kier alpha value is -6.64. The van der Waals surface area contributed by atoms with Crippen molar-refractivity contribution in [2.45, 2.75) is 0 Å². The minimum atomic E-state index is 1.15. The number of benzene rings is 9. The maximum atomic E-state index is 2.41. The molecule has 0 radical (unpaired) electrons. The first-order valence-corrected chi connectivity index (χ1v) is 17.3. The summed E-state index contributed by atoms with van der Waals surface area (Å²) < 4.78 is 4.81. The van der Waals surface area contributed by atoms with Crippen LogP contribution in [0, 0.1) is 0 Å². The molecule has 0 spiro atoms. The minimum Gasteiger partial charge on any atom is -0.309 e. The molecule has 0 aliphatic heterocycles. The molecule has 50 heavy (non-hydrogen) atoms.